The zero-order valence-electron chi connectivity index (χ0n) is 12.2. The van der Waals surface area contributed by atoms with E-state index in [2.05, 4.69) is 10.3 Å². The molecule has 116 valence electrons. The summed E-state index contributed by atoms with van der Waals surface area (Å²) in [5.41, 5.74) is 2.68. The van der Waals surface area contributed by atoms with Gasteiger partial charge >= 0.3 is 0 Å². The highest BCUT2D eigenvalue weighted by Crippen LogP contribution is 2.32. The molecule has 1 N–H and O–H groups in total. The molecule has 1 aliphatic rings. The Bertz CT molecular complexity index is 662. The van der Waals surface area contributed by atoms with E-state index >= 15 is 0 Å². The van der Waals surface area contributed by atoms with E-state index in [1.54, 1.807) is 24.5 Å². The number of hydrogen-bond donors (Lipinski definition) is 1. The summed E-state index contributed by atoms with van der Waals surface area (Å²) >= 11 is 0. The number of aromatic nitrogens is 1. The summed E-state index contributed by atoms with van der Waals surface area (Å²) in [5.74, 6) is 1.38. The molecule has 6 heteroatoms. The molecular formula is C16H17ClN2O3. The lowest BCUT2D eigenvalue weighted by atomic mass is 10.1. The van der Waals surface area contributed by atoms with Gasteiger partial charge in [-0.3, -0.25) is 9.78 Å². The largest absolute Gasteiger partial charge is 0.486 e. The summed E-state index contributed by atoms with van der Waals surface area (Å²) in [6, 6.07) is 7.25. The third-order valence-corrected chi connectivity index (χ3v) is 3.38. The zero-order valence-corrected chi connectivity index (χ0v) is 13.0. The predicted octanol–water partition coefficient (Wildman–Crippen LogP) is 2.51. The number of halogens is 1. The summed E-state index contributed by atoms with van der Waals surface area (Å²) in [4.78, 5) is 15.9. The fourth-order valence-electron chi connectivity index (χ4n) is 2.20. The van der Waals surface area contributed by atoms with Crippen molar-refractivity contribution in [3.8, 4) is 11.5 Å². The van der Waals surface area contributed by atoms with Crippen LogP contribution in [0, 0.1) is 6.92 Å². The third kappa shape index (κ3) is 3.49. The lowest BCUT2D eigenvalue weighted by Gasteiger charge is -2.20. The van der Waals surface area contributed by atoms with Gasteiger partial charge in [0.15, 0.2) is 11.5 Å². The molecular weight excluding hydrogens is 304 g/mol. The molecule has 0 radical (unpaired) electrons. The number of amides is 1. The number of nitrogens with zero attached hydrogens (tertiary/aromatic N) is 1. The summed E-state index contributed by atoms with van der Waals surface area (Å²) in [6.45, 7) is 3.57. The van der Waals surface area contributed by atoms with E-state index in [0.29, 0.717) is 25.3 Å². The zero-order chi connectivity index (χ0) is 14.7. The van der Waals surface area contributed by atoms with Crippen LogP contribution in [0.5, 0.6) is 11.5 Å². The standard InChI is InChI=1S/C16H16N2O3.ClH/c1-11-8-14-15(21-7-6-20-14)9-13(11)10-18-16(19)12-2-4-17-5-3-12;/h2-5,8-9H,6-7,10H2,1H3,(H,18,19);1H. The van der Waals surface area contributed by atoms with E-state index in [0.717, 1.165) is 22.6 Å². The number of nitrogens with one attached hydrogen (secondary N) is 1. The number of carbonyl (C=O) groups is 1. The highest BCUT2D eigenvalue weighted by Gasteiger charge is 2.14. The van der Waals surface area contributed by atoms with E-state index in [9.17, 15) is 4.79 Å². The predicted molar refractivity (Wildman–Crippen MR) is 84.8 cm³/mol. The van der Waals surface area contributed by atoms with Gasteiger partial charge in [0.1, 0.15) is 13.2 Å². The van der Waals surface area contributed by atoms with Gasteiger partial charge in [0.05, 0.1) is 0 Å². The molecule has 0 saturated carbocycles. The Kier molecular flexibility index (Phi) is 5.22. The molecule has 1 aliphatic heterocycles. The molecule has 0 aliphatic carbocycles. The molecule has 5 nitrogen and oxygen atoms in total. The highest BCUT2D eigenvalue weighted by molar-refractivity contribution is 5.93. The Morgan fingerprint density at radius 2 is 1.82 bits per heavy atom. The van der Waals surface area contributed by atoms with Crippen LogP contribution in [0.15, 0.2) is 36.7 Å². The molecule has 0 bridgehead atoms. The van der Waals surface area contributed by atoms with Crippen LogP contribution in [0.4, 0.5) is 0 Å². The molecule has 1 amide bonds. The number of carbonyl (C=O) groups excluding carboxylic acids is 1. The van der Waals surface area contributed by atoms with Crippen LogP contribution < -0.4 is 14.8 Å². The molecule has 0 spiro atoms. The minimum Gasteiger partial charge on any atom is -0.486 e. The van der Waals surface area contributed by atoms with Crippen LogP contribution in [-0.4, -0.2) is 24.1 Å². The molecule has 0 fully saturated rings. The van der Waals surface area contributed by atoms with Crippen molar-refractivity contribution in [3.63, 3.8) is 0 Å². The molecule has 0 saturated heterocycles. The van der Waals surface area contributed by atoms with Gasteiger partial charge in [-0.15, -0.1) is 12.4 Å². The van der Waals surface area contributed by atoms with Crippen molar-refractivity contribution in [1.82, 2.24) is 10.3 Å². The maximum absolute atomic E-state index is 12.0. The molecule has 3 rings (SSSR count). The van der Waals surface area contributed by atoms with Gasteiger partial charge in [-0.1, -0.05) is 0 Å². The number of rotatable bonds is 3. The van der Waals surface area contributed by atoms with Gasteiger partial charge in [0, 0.05) is 24.5 Å². The first-order valence-corrected chi connectivity index (χ1v) is 6.81. The molecule has 1 aromatic carbocycles. The van der Waals surface area contributed by atoms with Crippen LogP contribution >= 0.6 is 12.4 Å². The van der Waals surface area contributed by atoms with E-state index in [1.165, 1.54) is 0 Å². The SMILES string of the molecule is Cc1cc2c(cc1CNC(=O)c1ccncc1)OCCO2.Cl. The molecule has 0 unspecified atom stereocenters. The number of ether oxygens (including phenoxy) is 2. The smallest absolute Gasteiger partial charge is 0.251 e. The monoisotopic (exact) mass is 320 g/mol. The first-order chi connectivity index (χ1) is 10.2. The topological polar surface area (TPSA) is 60.5 Å². The van der Waals surface area contributed by atoms with Crippen LogP contribution in [-0.2, 0) is 6.54 Å². The van der Waals surface area contributed by atoms with Crippen molar-refractivity contribution in [3.05, 3.63) is 53.3 Å². The fraction of sp³-hybridized carbons (Fsp3) is 0.250. The second-order valence-electron chi connectivity index (χ2n) is 4.84. The van der Waals surface area contributed by atoms with Gasteiger partial charge in [0.2, 0.25) is 0 Å². The van der Waals surface area contributed by atoms with Gasteiger partial charge in [-0.25, -0.2) is 0 Å². The Morgan fingerprint density at radius 3 is 2.50 bits per heavy atom. The van der Waals surface area contributed by atoms with Crippen molar-refractivity contribution in [1.29, 1.82) is 0 Å². The Morgan fingerprint density at radius 1 is 1.18 bits per heavy atom. The minimum atomic E-state index is -0.119. The first kappa shape index (κ1) is 16.1. The minimum absolute atomic E-state index is 0. The van der Waals surface area contributed by atoms with E-state index in [1.807, 2.05) is 19.1 Å². The van der Waals surface area contributed by atoms with E-state index in [4.69, 9.17) is 9.47 Å². The molecule has 22 heavy (non-hydrogen) atoms. The van der Waals surface area contributed by atoms with E-state index < -0.39 is 0 Å². The Labute approximate surface area is 135 Å². The normalized spacial score (nSPS) is 12.2. The number of pyridine rings is 1. The molecule has 0 atom stereocenters. The number of benzene rings is 1. The lowest BCUT2D eigenvalue weighted by molar-refractivity contribution is 0.0950. The van der Waals surface area contributed by atoms with Crippen LogP contribution in [0.2, 0.25) is 0 Å². The number of hydrogen-bond acceptors (Lipinski definition) is 4. The van der Waals surface area contributed by atoms with Crippen molar-refractivity contribution < 1.29 is 14.3 Å². The molecule has 2 heterocycles. The van der Waals surface area contributed by atoms with Gasteiger partial charge in [-0.05, 0) is 42.3 Å². The maximum atomic E-state index is 12.0. The fourth-order valence-corrected chi connectivity index (χ4v) is 2.20. The first-order valence-electron chi connectivity index (χ1n) is 6.81. The van der Waals surface area contributed by atoms with Crippen molar-refractivity contribution in [2.24, 2.45) is 0 Å². The molecule has 1 aromatic heterocycles. The maximum Gasteiger partial charge on any atom is 0.251 e. The quantitative estimate of drug-likeness (QED) is 0.944. The highest BCUT2D eigenvalue weighted by atomic mass is 35.5. The summed E-state index contributed by atoms with van der Waals surface area (Å²) in [5, 5.41) is 2.90. The van der Waals surface area contributed by atoms with Gasteiger partial charge in [-0.2, -0.15) is 0 Å². The number of fused-ring (bicyclic) bond motifs is 1. The average molecular weight is 321 g/mol. The average Bonchev–Trinajstić information content (AvgIpc) is 2.53. The lowest BCUT2D eigenvalue weighted by Crippen LogP contribution is -2.23. The van der Waals surface area contributed by atoms with Crippen molar-refractivity contribution >= 4 is 18.3 Å². The van der Waals surface area contributed by atoms with Crippen LogP contribution in [0.3, 0.4) is 0 Å². The van der Waals surface area contributed by atoms with Gasteiger partial charge < -0.3 is 14.8 Å². The second kappa shape index (κ2) is 7.13. The summed E-state index contributed by atoms with van der Waals surface area (Å²) < 4.78 is 11.1. The van der Waals surface area contributed by atoms with E-state index in [-0.39, 0.29) is 18.3 Å². The van der Waals surface area contributed by atoms with Crippen molar-refractivity contribution in [2.75, 3.05) is 13.2 Å². The van der Waals surface area contributed by atoms with Crippen molar-refractivity contribution in [2.45, 2.75) is 13.5 Å². The molecule has 2 aromatic rings. The number of aryl methyl sites for hydroxylation is 1. The summed E-state index contributed by atoms with van der Waals surface area (Å²) in [6.07, 6.45) is 3.20. The van der Waals surface area contributed by atoms with Gasteiger partial charge in [0.25, 0.3) is 5.91 Å². The second-order valence-corrected chi connectivity index (χ2v) is 4.84. The van der Waals surface area contributed by atoms with Crippen LogP contribution in [0.1, 0.15) is 21.5 Å². The summed E-state index contributed by atoms with van der Waals surface area (Å²) in [7, 11) is 0. The third-order valence-electron chi connectivity index (χ3n) is 3.38. The Balaban J connectivity index is 0.00000176. The Hall–Kier alpha value is -2.27. The van der Waals surface area contributed by atoms with Crippen LogP contribution in [0.25, 0.3) is 0 Å².